The van der Waals surface area contributed by atoms with E-state index in [0.29, 0.717) is 11.2 Å². The molecule has 7 rings (SSSR count). The molecular formula is C34H29F4N6O2SSi. The van der Waals surface area contributed by atoms with Gasteiger partial charge in [0.2, 0.25) is 5.91 Å². The van der Waals surface area contributed by atoms with Crippen LogP contribution >= 0.6 is 11.8 Å². The topological polar surface area (TPSA) is 76.3 Å². The van der Waals surface area contributed by atoms with Gasteiger partial charge in [0.05, 0.1) is 17.1 Å². The first-order chi connectivity index (χ1) is 22.9. The van der Waals surface area contributed by atoms with Gasteiger partial charge < -0.3 is 14.4 Å². The maximum Gasteiger partial charge on any atom is 0.417 e. The number of carbonyl (C=O) groups excluding carboxylic acids is 1. The second-order valence-electron chi connectivity index (χ2n) is 12.2. The summed E-state index contributed by atoms with van der Waals surface area (Å²) in [6, 6.07) is 10.4. The zero-order valence-corrected chi connectivity index (χ0v) is 27.7. The summed E-state index contributed by atoms with van der Waals surface area (Å²) in [4.78, 5) is 38.9. The average molecular weight is 690 g/mol. The summed E-state index contributed by atoms with van der Waals surface area (Å²) in [6.45, 7) is 7.84. The molecule has 2 aliphatic heterocycles. The molecule has 14 heteroatoms. The number of amides is 1. The number of nitrogens with zero attached hydrogens (tertiary/aromatic N) is 6. The number of alkyl halides is 3. The third-order valence-corrected chi connectivity index (χ3v) is 11.0. The van der Waals surface area contributed by atoms with E-state index >= 15 is 13.2 Å². The average Bonchev–Trinajstić information content (AvgIpc) is 3.40. The number of rotatable bonds is 4. The summed E-state index contributed by atoms with van der Waals surface area (Å²) >= 11 is 1.17. The van der Waals surface area contributed by atoms with Gasteiger partial charge in [0, 0.05) is 80.5 Å². The van der Waals surface area contributed by atoms with Crippen molar-refractivity contribution in [3.05, 3.63) is 95.4 Å². The Morgan fingerprint density at radius 2 is 1.79 bits per heavy atom. The Morgan fingerprint density at radius 1 is 1.08 bits per heavy atom. The van der Waals surface area contributed by atoms with Crippen molar-refractivity contribution in [3.8, 4) is 11.1 Å². The van der Waals surface area contributed by atoms with E-state index in [1.165, 1.54) is 34.5 Å². The van der Waals surface area contributed by atoms with Crippen LogP contribution in [0.5, 0.6) is 0 Å². The molecule has 1 amide bonds. The molecule has 1 fully saturated rings. The summed E-state index contributed by atoms with van der Waals surface area (Å²) < 4.78 is 62.8. The van der Waals surface area contributed by atoms with Crippen molar-refractivity contribution in [2.45, 2.75) is 54.5 Å². The number of hydrogen-bond donors (Lipinski definition) is 0. The fourth-order valence-electron chi connectivity index (χ4n) is 7.06. The van der Waals surface area contributed by atoms with E-state index in [0.717, 1.165) is 23.6 Å². The Balaban J connectivity index is 1.51. The monoisotopic (exact) mass is 689 g/mol. The van der Waals surface area contributed by atoms with Crippen LogP contribution in [0.25, 0.3) is 33.1 Å². The molecule has 0 bridgehead atoms. The lowest BCUT2D eigenvalue weighted by Gasteiger charge is -2.44. The van der Waals surface area contributed by atoms with Crippen LogP contribution in [0.1, 0.15) is 25.5 Å². The minimum atomic E-state index is -4.81. The summed E-state index contributed by atoms with van der Waals surface area (Å²) in [7, 11) is 3.84. The number of fused-ring (bicyclic) bond motifs is 1. The van der Waals surface area contributed by atoms with Crippen LogP contribution in [-0.4, -0.2) is 70.2 Å². The molecule has 2 aromatic carbocycles. The number of thioether (sulfide) groups is 1. The molecule has 8 nitrogen and oxygen atoms in total. The van der Waals surface area contributed by atoms with Gasteiger partial charge in [-0.1, -0.05) is 18.7 Å². The molecule has 0 spiro atoms. The van der Waals surface area contributed by atoms with Crippen molar-refractivity contribution in [2.75, 3.05) is 18.0 Å². The minimum Gasteiger partial charge on any atom is -0.352 e. The summed E-state index contributed by atoms with van der Waals surface area (Å²) in [5.74, 6) is -0.722. The highest BCUT2D eigenvalue weighted by molar-refractivity contribution is 8.01. The highest BCUT2D eigenvalue weighted by Crippen LogP contribution is 2.50. The Morgan fingerprint density at radius 3 is 2.46 bits per heavy atom. The smallest absolute Gasteiger partial charge is 0.352 e. The quantitative estimate of drug-likeness (QED) is 0.131. The van der Waals surface area contributed by atoms with Gasteiger partial charge >= 0.3 is 11.9 Å². The SMILES string of the molecule is C=CC(=O)N1[C@H](C)CN(c2nc(=O)n3c4c(c(-c5ccc(F)cc5)c(C(F)(F)F)cc24)SC([Si])[C@@H](n2ccc4cccnc42)C3)C[C@@H]1C. The Hall–Kier alpha value is -4.43. The molecular weight excluding hydrogens is 661 g/mol. The van der Waals surface area contributed by atoms with Crippen LogP contribution in [0.3, 0.4) is 0 Å². The van der Waals surface area contributed by atoms with Crippen molar-refractivity contribution in [3.63, 3.8) is 0 Å². The van der Waals surface area contributed by atoms with Gasteiger partial charge in [-0.25, -0.2) is 14.2 Å². The van der Waals surface area contributed by atoms with Crippen molar-refractivity contribution < 1.29 is 22.4 Å². The Labute approximate surface area is 280 Å². The molecule has 245 valence electrons. The van der Waals surface area contributed by atoms with E-state index < -0.39 is 34.2 Å². The van der Waals surface area contributed by atoms with Gasteiger partial charge in [0.25, 0.3) is 0 Å². The van der Waals surface area contributed by atoms with E-state index in [1.54, 1.807) is 16.0 Å². The van der Waals surface area contributed by atoms with Crippen LogP contribution < -0.4 is 10.6 Å². The van der Waals surface area contributed by atoms with E-state index in [9.17, 15) is 14.0 Å². The molecule has 2 aliphatic rings. The van der Waals surface area contributed by atoms with Gasteiger partial charge in [-0.3, -0.25) is 9.36 Å². The maximum absolute atomic E-state index is 15.1. The van der Waals surface area contributed by atoms with Crippen molar-refractivity contribution in [1.82, 2.24) is 24.0 Å². The van der Waals surface area contributed by atoms with Crippen molar-refractivity contribution in [2.24, 2.45) is 0 Å². The summed E-state index contributed by atoms with van der Waals surface area (Å²) in [5, 5.41) is 1.03. The molecule has 5 heterocycles. The number of halogens is 4. The second-order valence-corrected chi connectivity index (χ2v) is 14.3. The van der Waals surface area contributed by atoms with Gasteiger partial charge in [-0.05, 0) is 61.9 Å². The van der Waals surface area contributed by atoms with E-state index in [1.807, 2.05) is 42.8 Å². The van der Waals surface area contributed by atoms with E-state index in [-0.39, 0.29) is 64.9 Å². The molecule has 48 heavy (non-hydrogen) atoms. The first-order valence-electron chi connectivity index (χ1n) is 15.3. The zero-order valence-electron chi connectivity index (χ0n) is 25.9. The number of carbonyl (C=O) groups is 1. The number of aromatic nitrogens is 4. The zero-order chi connectivity index (χ0) is 34.1. The lowest BCUT2D eigenvalue weighted by Crippen LogP contribution is -2.58. The first kappa shape index (κ1) is 32.1. The van der Waals surface area contributed by atoms with Crippen molar-refractivity contribution >= 4 is 55.7 Å². The lowest BCUT2D eigenvalue weighted by molar-refractivity contribution is -0.137. The van der Waals surface area contributed by atoms with Crippen LogP contribution in [-0.2, 0) is 17.5 Å². The Kier molecular flexibility index (Phi) is 7.98. The predicted octanol–water partition coefficient (Wildman–Crippen LogP) is 6.02. The minimum absolute atomic E-state index is 0.0831. The Bertz CT molecular complexity index is 2140. The predicted molar refractivity (Wildman–Crippen MR) is 179 cm³/mol. The maximum atomic E-state index is 15.1. The normalized spacial score (nSPS) is 21.5. The number of anilines is 1. The van der Waals surface area contributed by atoms with Gasteiger partial charge in [0.15, 0.2) is 0 Å². The molecule has 3 radical (unpaired) electrons. The van der Waals surface area contributed by atoms with Gasteiger partial charge in [-0.2, -0.15) is 18.2 Å². The van der Waals surface area contributed by atoms with Gasteiger partial charge in [0.1, 0.15) is 17.3 Å². The molecule has 1 saturated heterocycles. The lowest BCUT2D eigenvalue weighted by atomic mass is 9.96. The first-order valence-corrected chi connectivity index (χ1v) is 16.8. The second kappa shape index (κ2) is 11.9. The third kappa shape index (κ3) is 5.30. The van der Waals surface area contributed by atoms with Crippen LogP contribution in [0.2, 0.25) is 0 Å². The fraction of sp³-hybridized carbons (Fsp3) is 0.294. The third-order valence-electron chi connectivity index (χ3n) is 9.08. The van der Waals surface area contributed by atoms with Crippen molar-refractivity contribution in [1.29, 1.82) is 0 Å². The highest BCUT2D eigenvalue weighted by atomic mass is 32.2. The summed E-state index contributed by atoms with van der Waals surface area (Å²) in [5.41, 5.74) is -0.561. The van der Waals surface area contributed by atoms with Crippen LogP contribution in [0.4, 0.5) is 23.4 Å². The van der Waals surface area contributed by atoms with E-state index in [2.05, 4.69) is 26.8 Å². The fourth-order valence-corrected chi connectivity index (χ4v) is 8.98. The number of benzene rings is 2. The van der Waals surface area contributed by atoms with Crippen LogP contribution in [0, 0.1) is 5.82 Å². The van der Waals surface area contributed by atoms with Crippen LogP contribution in [0.15, 0.2) is 83.3 Å². The molecule has 1 unspecified atom stereocenters. The molecule has 4 atom stereocenters. The van der Waals surface area contributed by atoms with E-state index in [4.69, 9.17) is 0 Å². The molecule has 3 aromatic heterocycles. The molecule has 0 N–H and O–H groups in total. The van der Waals surface area contributed by atoms with Gasteiger partial charge in [-0.15, -0.1) is 11.8 Å². The number of pyridine rings is 1. The standard InChI is InChI=1S/C34H29F4N6O2SSi/c1-4-26(45)44-18(2)15-41(16-19(44)3)31-23-14-24(34(36,37)38)27(20-7-9-22(35)10-8-20)29-28(23)43(33(46)40-31)17-25(32(48)47-29)42-13-11-21-6-5-12-39-30(21)42/h4-14,18-19,25,32H,1,15-17H2,2-3H3/t18-,19+,25-,32?/m0/s1. The molecule has 0 saturated carbocycles. The number of piperazine rings is 1. The number of hydrogen-bond acceptors (Lipinski definition) is 6. The largest absolute Gasteiger partial charge is 0.417 e. The highest BCUT2D eigenvalue weighted by Gasteiger charge is 2.41. The molecule has 0 aliphatic carbocycles. The molecule has 5 aromatic rings. The summed E-state index contributed by atoms with van der Waals surface area (Å²) in [6.07, 6.45) is -0.0614.